The van der Waals surface area contributed by atoms with Crippen molar-refractivity contribution in [1.29, 1.82) is 0 Å². The number of halogens is 1. The van der Waals surface area contributed by atoms with Crippen LogP contribution < -0.4 is 4.74 Å². The molecule has 0 bridgehead atoms. The van der Waals surface area contributed by atoms with Gasteiger partial charge in [-0.25, -0.2) is 4.79 Å². The summed E-state index contributed by atoms with van der Waals surface area (Å²) in [7, 11) is 0. The maximum atomic E-state index is 11.9. The molecule has 0 saturated heterocycles. The quantitative estimate of drug-likeness (QED) is 0.614. The molecule has 7 heteroatoms. The van der Waals surface area contributed by atoms with Gasteiger partial charge in [-0.05, 0) is 36.6 Å². The molecule has 1 aliphatic rings. The Morgan fingerprint density at radius 3 is 2.85 bits per heavy atom. The van der Waals surface area contributed by atoms with E-state index in [0.29, 0.717) is 35.2 Å². The van der Waals surface area contributed by atoms with Crippen molar-refractivity contribution >= 4 is 34.9 Å². The van der Waals surface area contributed by atoms with Gasteiger partial charge in [-0.15, -0.1) is 11.3 Å². The molecular weight excluding hydrogens is 374 g/mol. The number of ether oxygens (including phenoxy) is 1. The van der Waals surface area contributed by atoms with E-state index in [9.17, 15) is 14.7 Å². The zero-order valence-corrected chi connectivity index (χ0v) is 15.7. The summed E-state index contributed by atoms with van der Waals surface area (Å²) in [5.41, 5.74) is 1.57. The summed E-state index contributed by atoms with van der Waals surface area (Å²) >= 11 is 7.66. The number of rotatable bonds is 5. The molecule has 3 rings (SSSR count). The normalized spacial score (nSPS) is 15.6. The summed E-state index contributed by atoms with van der Waals surface area (Å²) in [5.74, 6) is -1.35. The van der Waals surface area contributed by atoms with Crippen LogP contribution in [0.3, 0.4) is 0 Å². The van der Waals surface area contributed by atoms with Crippen LogP contribution in [-0.2, 0) is 22.6 Å². The van der Waals surface area contributed by atoms with Gasteiger partial charge < -0.3 is 9.84 Å². The van der Waals surface area contributed by atoms with Gasteiger partial charge in [0.1, 0.15) is 6.04 Å². The lowest BCUT2D eigenvalue weighted by atomic mass is 10.0. The molecule has 0 amide bonds. The van der Waals surface area contributed by atoms with E-state index < -0.39 is 18.0 Å². The van der Waals surface area contributed by atoms with Crippen molar-refractivity contribution < 1.29 is 19.4 Å². The number of hydrogen-bond acceptors (Lipinski definition) is 5. The number of allylic oxidation sites excluding steroid dienone is 1. The predicted octanol–water partition coefficient (Wildman–Crippen LogP) is 4.07. The number of hydrogen-bond donors (Lipinski definition) is 1. The highest BCUT2D eigenvalue weighted by atomic mass is 35.5. The minimum absolute atomic E-state index is 0.414. The second kappa shape index (κ2) is 8.03. The van der Waals surface area contributed by atoms with Crippen LogP contribution in [0.4, 0.5) is 0 Å². The van der Waals surface area contributed by atoms with Crippen molar-refractivity contribution in [3.8, 4) is 5.06 Å². The molecular formula is C19H18ClNO4S. The Kier molecular flexibility index (Phi) is 5.76. The molecule has 0 fully saturated rings. The summed E-state index contributed by atoms with van der Waals surface area (Å²) in [6, 6.07) is 8.02. The highest BCUT2D eigenvalue weighted by molar-refractivity contribution is 7.14. The zero-order valence-electron chi connectivity index (χ0n) is 14.1. The number of aliphatic carboxylic acids is 1. The zero-order chi connectivity index (χ0) is 18.7. The Morgan fingerprint density at radius 1 is 1.38 bits per heavy atom. The van der Waals surface area contributed by atoms with E-state index in [1.807, 2.05) is 11.0 Å². The van der Waals surface area contributed by atoms with Gasteiger partial charge in [0, 0.05) is 29.1 Å². The molecule has 1 N–H and O–H groups in total. The Labute approximate surface area is 160 Å². The van der Waals surface area contributed by atoms with E-state index in [4.69, 9.17) is 16.3 Å². The van der Waals surface area contributed by atoms with Gasteiger partial charge in [0.05, 0.1) is 0 Å². The molecule has 136 valence electrons. The summed E-state index contributed by atoms with van der Waals surface area (Å²) in [6.07, 6.45) is 3.69. The maximum absolute atomic E-state index is 11.9. The van der Waals surface area contributed by atoms with Crippen LogP contribution in [0.15, 0.2) is 42.5 Å². The summed E-state index contributed by atoms with van der Waals surface area (Å²) in [5, 5.41) is 10.7. The highest BCUT2D eigenvalue weighted by Crippen LogP contribution is 2.37. The molecule has 5 nitrogen and oxygen atoms in total. The van der Waals surface area contributed by atoms with E-state index in [1.165, 1.54) is 17.4 Å². The lowest BCUT2D eigenvalue weighted by molar-refractivity contribution is -0.144. The lowest BCUT2D eigenvalue weighted by Crippen LogP contribution is -2.37. The third-order valence-electron chi connectivity index (χ3n) is 4.18. The molecule has 0 saturated carbocycles. The number of esters is 1. The van der Waals surface area contributed by atoms with E-state index >= 15 is 0 Å². The van der Waals surface area contributed by atoms with Gasteiger partial charge in [-0.1, -0.05) is 35.9 Å². The number of carbonyl (C=O) groups is 2. The SMILES string of the molecule is C/C=C/C(=O)Oc1cc2c(s1)CCN(C(C(=O)O)c1ccccc1Cl)C2. The van der Waals surface area contributed by atoms with Crippen molar-refractivity contribution in [3.05, 3.63) is 63.5 Å². The third kappa shape index (κ3) is 3.98. The van der Waals surface area contributed by atoms with Gasteiger partial charge in [0.25, 0.3) is 0 Å². The largest absolute Gasteiger partial charge is 0.480 e. The molecule has 0 spiro atoms. The number of thiophene rings is 1. The lowest BCUT2D eigenvalue weighted by Gasteiger charge is -2.32. The Balaban J connectivity index is 1.82. The standard InChI is InChI=1S/C19H18ClNO4S/c1-2-5-16(22)25-17-10-12-11-21(9-8-15(12)26-17)18(19(23)24)13-6-3-4-7-14(13)20/h2-7,10,18H,8-9,11H2,1H3,(H,23,24)/b5-2+. The van der Waals surface area contributed by atoms with Crippen LogP contribution in [-0.4, -0.2) is 28.5 Å². The summed E-state index contributed by atoms with van der Waals surface area (Å²) in [6.45, 7) is 2.81. The number of carboxylic acid groups (broad SMARTS) is 1. The van der Waals surface area contributed by atoms with Gasteiger partial charge in [0.15, 0.2) is 5.06 Å². The van der Waals surface area contributed by atoms with Crippen LogP contribution in [0.25, 0.3) is 0 Å². The highest BCUT2D eigenvalue weighted by Gasteiger charge is 2.32. The minimum atomic E-state index is -0.934. The third-order valence-corrected chi connectivity index (χ3v) is 5.64. The molecule has 1 atom stereocenters. The van der Waals surface area contributed by atoms with Crippen molar-refractivity contribution in [2.75, 3.05) is 6.54 Å². The van der Waals surface area contributed by atoms with E-state index in [2.05, 4.69) is 0 Å². The molecule has 0 radical (unpaired) electrons. The van der Waals surface area contributed by atoms with Crippen LogP contribution in [0.2, 0.25) is 5.02 Å². The molecule has 0 aliphatic carbocycles. The number of fused-ring (bicyclic) bond motifs is 1. The van der Waals surface area contributed by atoms with Gasteiger partial charge >= 0.3 is 11.9 Å². The minimum Gasteiger partial charge on any atom is -0.480 e. The van der Waals surface area contributed by atoms with Crippen LogP contribution in [0, 0.1) is 0 Å². The van der Waals surface area contributed by atoms with E-state index in [0.717, 1.165) is 10.4 Å². The average molecular weight is 392 g/mol. The predicted molar refractivity (Wildman–Crippen MR) is 101 cm³/mol. The summed E-state index contributed by atoms with van der Waals surface area (Å²) < 4.78 is 5.29. The Morgan fingerprint density at radius 2 is 2.15 bits per heavy atom. The molecule has 1 aromatic heterocycles. The van der Waals surface area contributed by atoms with Crippen LogP contribution in [0.1, 0.15) is 29.0 Å². The molecule has 1 unspecified atom stereocenters. The fourth-order valence-corrected chi connectivity index (χ4v) is 4.31. The molecule has 1 aliphatic heterocycles. The monoisotopic (exact) mass is 391 g/mol. The van der Waals surface area contributed by atoms with E-state index in [1.54, 1.807) is 37.3 Å². The number of nitrogens with zero attached hydrogens (tertiary/aromatic N) is 1. The smallest absolute Gasteiger partial charge is 0.336 e. The summed E-state index contributed by atoms with van der Waals surface area (Å²) in [4.78, 5) is 26.5. The number of carboxylic acids is 1. The van der Waals surface area contributed by atoms with Gasteiger partial charge in [-0.2, -0.15) is 0 Å². The van der Waals surface area contributed by atoms with Crippen molar-refractivity contribution in [2.24, 2.45) is 0 Å². The number of benzene rings is 1. The second-order valence-electron chi connectivity index (χ2n) is 5.92. The second-order valence-corrected chi connectivity index (χ2v) is 7.42. The Bertz CT molecular complexity index is 861. The molecule has 2 heterocycles. The maximum Gasteiger partial charge on any atom is 0.336 e. The first-order chi connectivity index (χ1) is 12.5. The number of carbonyl (C=O) groups excluding carboxylic acids is 1. The van der Waals surface area contributed by atoms with Crippen molar-refractivity contribution in [3.63, 3.8) is 0 Å². The first kappa shape index (κ1) is 18.6. The van der Waals surface area contributed by atoms with Gasteiger partial charge in [-0.3, -0.25) is 9.69 Å². The fraction of sp³-hybridized carbons (Fsp3) is 0.263. The Hall–Kier alpha value is -2.15. The van der Waals surface area contributed by atoms with E-state index in [-0.39, 0.29) is 0 Å². The van der Waals surface area contributed by atoms with Crippen molar-refractivity contribution in [2.45, 2.75) is 25.9 Å². The first-order valence-electron chi connectivity index (χ1n) is 8.17. The topological polar surface area (TPSA) is 66.8 Å². The molecule has 2 aromatic rings. The van der Waals surface area contributed by atoms with Crippen LogP contribution in [0.5, 0.6) is 5.06 Å². The average Bonchev–Trinajstić information content (AvgIpc) is 2.98. The van der Waals surface area contributed by atoms with Crippen molar-refractivity contribution in [1.82, 2.24) is 4.90 Å². The molecule has 26 heavy (non-hydrogen) atoms. The van der Waals surface area contributed by atoms with Gasteiger partial charge in [0.2, 0.25) is 0 Å². The molecule has 1 aromatic carbocycles. The first-order valence-corrected chi connectivity index (χ1v) is 9.36. The van der Waals surface area contributed by atoms with Crippen LogP contribution >= 0.6 is 22.9 Å². The fourth-order valence-electron chi connectivity index (χ4n) is 3.05.